The molecule has 0 fully saturated rings. The topological polar surface area (TPSA) is 53.9 Å². The summed E-state index contributed by atoms with van der Waals surface area (Å²) in [4.78, 5) is 17.8. The minimum absolute atomic E-state index is 0.309. The van der Waals surface area contributed by atoms with Crippen molar-refractivity contribution in [2.75, 3.05) is 34.3 Å². The molecule has 0 atom stereocenters. The van der Waals surface area contributed by atoms with Crippen molar-refractivity contribution >= 4 is 11.9 Å². The van der Waals surface area contributed by atoms with E-state index < -0.39 is 0 Å². The Morgan fingerprint density at radius 1 is 1.39 bits per heavy atom. The molecule has 1 aromatic carbocycles. The van der Waals surface area contributed by atoms with Crippen LogP contribution >= 0.6 is 0 Å². The number of nitrogens with one attached hydrogen (secondary N) is 1. The zero-order valence-electron chi connectivity index (χ0n) is 14.3. The monoisotopic (exact) mass is 317 g/mol. The Labute approximate surface area is 139 Å². The van der Waals surface area contributed by atoms with E-state index in [0.717, 1.165) is 43.9 Å². The first-order valence-corrected chi connectivity index (χ1v) is 7.82. The fourth-order valence-electron chi connectivity index (χ4n) is 2.21. The van der Waals surface area contributed by atoms with Gasteiger partial charge in [-0.25, -0.2) is 4.79 Å². The van der Waals surface area contributed by atoms with Gasteiger partial charge in [0, 0.05) is 27.2 Å². The van der Waals surface area contributed by atoms with Crippen LogP contribution in [0, 0.1) is 0 Å². The third-order valence-electron chi connectivity index (χ3n) is 3.55. The maximum absolute atomic E-state index is 11.4. The van der Waals surface area contributed by atoms with E-state index in [9.17, 15) is 4.79 Å². The molecule has 5 nitrogen and oxygen atoms in total. The van der Waals surface area contributed by atoms with E-state index in [2.05, 4.69) is 21.8 Å². The molecule has 1 rings (SSSR count). The number of hydrogen-bond acceptors (Lipinski definition) is 3. The Hall–Kier alpha value is -2.30. The number of guanidine groups is 1. The van der Waals surface area contributed by atoms with Crippen LogP contribution < -0.4 is 5.32 Å². The van der Waals surface area contributed by atoms with Crippen LogP contribution in [-0.4, -0.2) is 51.1 Å². The van der Waals surface area contributed by atoms with Gasteiger partial charge < -0.3 is 15.0 Å². The lowest BCUT2D eigenvalue weighted by Gasteiger charge is -2.21. The van der Waals surface area contributed by atoms with Gasteiger partial charge in [-0.05, 0) is 37.0 Å². The first-order valence-electron chi connectivity index (χ1n) is 7.82. The largest absolute Gasteiger partial charge is 0.465 e. The Morgan fingerprint density at radius 3 is 2.65 bits per heavy atom. The van der Waals surface area contributed by atoms with E-state index in [1.165, 1.54) is 7.11 Å². The van der Waals surface area contributed by atoms with Gasteiger partial charge in [-0.3, -0.25) is 4.99 Å². The third kappa shape index (κ3) is 6.55. The lowest BCUT2D eigenvalue weighted by atomic mass is 10.1. The highest BCUT2D eigenvalue weighted by Crippen LogP contribution is 2.06. The van der Waals surface area contributed by atoms with E-state index in [1.807, 2.05) is 25.3 Å². The number of aliphatic imine (C=N–C) groups is 1. The van der Waals surface area contributed by atoms with Gasteiger partial charge in [-0.2, -0.15) is 0 Å². The molecule has 0 saturated carbocycles. The molecule has 0 heterocycles. The fraction of sp³-hybridized carbons (Fsp3) is 0.444. The molecule has 0 amide bonds. The van der Waals surface area contributed by atoms with Crippen molar-refractivity contribution in [3.63, 3.8) is 0 Å². The molecule has 1 aromatic rings. The predicted octanol–water partition coefficient (Wildman–Crippen LogP) is 2.49. The molecule has 0 aliphatic carbocycles. The van der Waals surface area contributed by atoms with Crippen molar-refractivity contribution in [2.24, 2.45) is 4.99 Å². The minimum atomic E-state index is -0.309. The summed E-state index contributed by atoms with van der Waals surface area (Å²) in [6, 6.07) is 7.48. The molecule has 126 valence electrons. The summed E-state index contributed by atoms with van der Waals surface area (Å²) >= 11 is 0. The van der Waals surface area contributed by atoms with Crippen molar-refractivity contribution in [1.29, 1.82) is 0 Å². The molecule has 0 aliphatic heterocycles. The predicted molar refractivity (Wildman–Crippen MR) is 94.9 cm³/mol. The smallest absolute Gasteiger partial charge is 0.337 e. The molecule has 0 bridgehead atoms. The molecule has 0 radical (unpaired) electrons. The average Bonchev–Trinajstić information content (AvgIpc) is 2.58. The highest BCUT2D eigenvalue weighted by Gasteiger charge is 2.06. The van der Waals surface area contributed by atoms with Crippen molar-refractivity contribution in [3.8, 4) is 0 Å². The maximum atomic E-state index is 11.4. The highest BCUT2D eigenvalue weighted by atomic mass is 16.5. The molecule has 0 aliphatic rings. The highest BCUT2D eigenvalue weighted by molar-refractivity contribution is 5.89. The molecular weight excluding hydrogens is 290 g/mol. The number of nitrogens with zero attached hydrogens (tertiary/aromatic N) is 2. The molecule has 23 heavy (non-hydrogen) atoms. The van der Waals surface area contributed by atoms with Gasteiger partial charge in [0.1, 0.15) is 0 Å². The Morgan fingerprint density at radius 2 is 2.09 bits per heavy atom. The van der Waals surface area contributed by atoms with E-state index in [0.29, 0.717) is 5.56 Å². The Bertz CT molecular complexity index is 524. The standard InChI is InChI=1S/C18H27N3O2/c1-5-6-7-14-21(3)18(19-2)20-13-12-15-8-10-16(11-9-15)17(22)23-4/h5,8-11H,1,6-7,12-14H2,2-4H3,(H,19,20). The van der Waals surface area contributed by atoms with Crippen molar-refractivity contribution in [3.05, 3.63) is 48.0 Å². The van der Waals surface area contributed by atoms with Gasteiger partial charge in [0.25, 0.3) is 0 Å². The van der Waals surface area contributed by atoms with E-state index in [-0.39, 0.29) is 5.97 Å². The maximum Gasteiger partial charge on any atom is 0.337 e. The zero-order chi connectivity index (χ0) is 17.1. The first-order chi connectivity index (χ1) is 11.1. The van der Waals surface area contributed by atoms with Crippen LogP contribution in [-0.2, 0) is 11.2 Å². The second kappa shape index (κ2) is 10.4. The number of carbonyl (C=O) groups excluding carboxylic acids is 1. The van der Waals surface area contributed by atoms with Gasteiger partial charge in [-0.15, -0.1) is 6.58 Å². The van der Waals surface area contributed by atoms with Crippen LogP contribution in [0.3, 0.4) is 0 Å². The molecule has 0 unspecified atom stereocenters. The van der Waals surface area contributed by atoms with Gasteiger partial charge >= 0.3 is 5.97 Å². The molecular formula is C18H27N3O2. The van der Waals surface area contributed by atoms with E-state index >= 15 is 0 Å². The fourth-order valence-corrected chi connectivity index (χ4v) is 2.21. The van der Waals surface area contributed by atoms with Crippen molar-refractivity contribution in [1.82, 2.24) is 10.2 Å². The number of methoxy groups -OCH3 is 1. The van der Waals surface area contributed by atoms with Crippen LogP contribution in [0.2, 0.25) is 0 Å². The molecule has 1 N–H and O–H groups in total. The SMILES string of the molecule is C=CCCCN(C)C(=NC)NCCc1ccc(C(=O)OC)cc1. The molecule has 5 heteroatoms. The summed E-state index contributed by atoms with van der Waals surface area (Å²) < 4.78 is 4.69. The first kappa shape index (κ1) is 18.7. The van der Waals surface area contributed by atoms with Crippen LogP contribution in [0.4, 0.5) is 0 Å². The number of carbonyl (C=O) groups is 1. The summed E-state index contributed by atoms with van der Waals surface area (Å²) in [5.74, 6) is 0.580. The lowest BCUT2D eigenvalue weighted by molar-refractivity contribution is 0.0600. The molecule has 0 aromatic heterocycles. The average molecular weight is 317 g/mol. The summed E-state index contributed by atoms with van der Waals surface area (Å²) in [7, 11) is 5.21. The summed E-state index contributed by atoms with van der Waals surface area (Å²) in [5, 5.41) is 3.35. The minimum Gasteiger partial charge on any atom is -0.465 e. The van der Waals surface area contributed by atoms with Gasteiger partial charge in [0.2, 0.25) is 0 Å². The number of unbranched alkanes of at least 4 members (excludes halogenated alkanes) is 1. The summed E-state index contributed by atoms with van der Waals surface area (Å²) in [5.41, 5.74) is 1.73. The van der Waals surface area contributed by atoms with Gasteiger partial charge in [0.05, 0.1) is 12.7 Å². The van der Waals surface area contributed by atoms with Crippen LogP contribution in [0.5, 0.6) is 0 Å². The number of hydrogen-bond donors (Lipinski definition) is 1. The Kier molecular flexibility index (Phi) is 8.50. The number of ether oxygens (including phenoxy) is 1. The second-order valence-electron chi connectivity index (χ2n) is 5.26. The Balaban J connectivity index is 2.42. The lowest BCUT2D eigenvalue weighted by Crippen LogP contribution is -2.40. The molecule has 0 saturated heterocycles. The van der Waals surface area contributed by atoms with E-state index in [1.54, 1.807) is 19.2 Å². The number of benzene rings is 1. The third-order valence-corrected chi connectivity index (χ3v) is 3.55. The van der Waals surface area contributed by atoms with Gasteiger partial charge in [0.15, 0.2) is 5.96 Å². The van der Waals surface area contributed by atoms with Crippen LogP contribution in [0.15, 0.2) is 41.9 Å². The number of esters is 1. The van der Waals surface area contributed by atoms with Crippen LogP contribution in [0.25, 0.3) is 0 Å². The quantitative estimate of drug-likeness (QED) is 0.263. The zero-order valence-corrected chi connectivity index (χ0v) is 14.3. The molecule has 0 spiro atoms. The second-order valence-corrected chi connectivity index (χ2v) is 5.26. The summed E-state index contributed by atoms with van der Waals surface area (Å²) in [6.45, 7) is 5.47. The van der Waals surface area contributed by atoms with Crippen molar-refractivity contribution in [2.45, 2.75) is 19.3 Å². The van der Waals surface area contributed by atoms with Crippen molar-refractivity contribution < 1.29 is 9.53 Å². The number of rotatable bonds is 8. The number of allylic oxidation sites excluding steroid dienone is 1. The van der Waals surface area contributed by atoms with E-state index in [4.69, 9.17) is 4.74 Å². The van der Waals surface area contributed by atoms with Crippen LogP contribution in [0.1, 0.15) is 28.8 Å². The normalized spacial score (nSPS) is 11.0. The van der Waals surface area contributed by atoms with Gasteiger partial charge in [-0.1, -0.05) is 18.2 Å². The summed E-state index contributed by atoms with van der Waals surface area (Å²) in [6.07, 6.45) is 4.87.